The fraction of sp³-hybridized carbons (Fsp3) is 0.211. The van der Waals surface area contributed by atoms with Crippen molar-refractivity contribution in [2.75, 3.05) is 6.54 Å². The maximum absolute atomic E-state index is 13.4. The number of hydrogen-bond donors (Lipinski definition) is 1. The third-order valence-corrected chi connectivity index (χ3v) is 4.14. The van der Waals surface area contributed by atoms with Gasteiger partial charge in [0.2, 0.25) is 0 Å². The zero-order valence-electron chi connectivity index (χ0n) is 14.4. The SMILES string of the molecule is O=C(NCC(F)(F)F)c1ccc(/C=C/C(c2cc(Cl)cc(Cl)c2)C(F)(F)F)cc1. The van der Waals surface area contributed by atoms with Gasteiger partial charge in [0, 0.05) is 15.6 Å². The van der Waals surface area contributed by atoms with Gasteiger partial charge in [-0.2, -0.15) is 26.3 Å². The molecule has 1 N–H and O–H groups in total. The summed E-state index contributed by atoms with van der Waals surface area (Å²) >= 11 is 11.6. The van der Waals surface area contributed by atoms with Gasteiger partial charge in [-0.3, -0.25) is 4.79 Å². The van der Waals surface area contributed by atoms with Crippen LogP contribution in [-0.2, 0) is 0 Å². The quantitative estimate of drug-likeness (QED) is 0.502. The first-order valence-electron chi connectivity index (χ1n) is 8.01. The molecule has 0 saturated heterocycles. The normalized spacial score (nSPS) is 13.5. The van der Waals surface area contributed by atoms with E-state index in [2.05, 4.69) is 0 Å². The molecular weight excluding hydrogens is 443 g/mol. The van der Waals surface area contributed by atoms with Crippen molar-refractivity contribution < 1.29 is 31.1 Å². The summed E-state index contributed by atoms with van der Waals surface area (Å²) in [5, 5.41) is 1.82. The Hall–Kier alpha value is -2.19. The fourth-order valence-electron chi connectivity index (χ4n) is 2.40. The molecule has 0 saturated carbocycles. The van der Waals surface area contributed by atoms with Crippen LogP contribution >= 0.6 is 23.2 Å². The Morgan fingerprint density at radius 2 is 1.52 bits per heavy atom. The number of rotatable bonds is 5. The highest BCUT2D eigenvalue weighted by Gasteiger charge is 2.39. The van der Waals surface area contributed by atoms with E-state index in [1.165, 1.54) is 36.4 Å². The predicted octanol–water partition coefficient (Wildman–Crippen LogP) is 6.64. The predicted molar refractivity (Wildman–Crippen MR) is 99.1 cm³/mol. The first-order chi connectivity index (χ1) is 13.3. The minimum absolute atomic E-state index is 0.0552. The van der Waals surface area contributed by atoms with Gasteiger partial charge in [0.15, 0.2) is 0 Å². The topological polar surface area (TPSA) is 29.1 Å². The van der Waals surface area contributed by atoms with Crippen LogP contribution in [0.15, 0.2) is 48.5 Å². The van der Waals surface area contributed by atoms with Crippen LogP contribution in [0, 0.1) is 0 Å². The van der Waals surface area contributed by atoms with Crippen molar-refractivity contribution in [3.8, 4) is 0 Å². The first-order valence-corrected chi connectivity index (χ1v) is 8.77. The van der Waals surface area contributed by atoms with E-state index in [0.717, 1.165) is 18.2 Å². The van der Waals surface area contributed by atoms with Crippen molar-refractivity contribution in [2.24, 2.45) is 0 Å². The number of allylic oxidation sites excluding steroid dienone is 1. The van der Waals surface area contributed by atoms with Gasteiger partial charge in [-0.05, 0) is 41.5 Å². The minimum Gasteiger partial charge on any atom is -0.343 e. The van der Waals surface area contributed by atoms with Crippen molar-refractivity contribution in [3.63, 3.8) is 0 Å². The molecule has 2 rings (SSSR count). The number of hydrogen-bond acceptors (Lipinski definition) is 1. The Bertz CT molecular complexity index is 871. The summed E-state index contributed by atoms with van der Waals surface area (Å²) in [7, 11) is 0. The Labute approximate surface area is 172 Å². The summed E-state index contributed by atoms with van der Waals surface area (Å²) in [6, 6.07) is 8.68. The molecule has 0 spiro atoms. The Balaban J connectivity index is 2.18. The molecule has 0 aliphatic heterocycles. The van der Waals surface area contributed by atoms with E-state index in [1.54, 1.807) is 5.32 Å². The Morgan fingerprint density at radius 3 is 2.00 bits per heavy atom. The van der Waals surface area contributed by atoms with Crippen LogP contribution in [-0.4, -0.2) is 24.8 Å². The maximum atomic E-state index is 13.4. The summed E-state index contributed by atoms with van der Waals surface area (Å²) in [5.74, 6) is -2.92. The van der Waals surface area contributed by atoms with Crippen LogP contribution in [0.4, 0.5) is 26.3 Å². The molecule has 29 heavy (non-hydrogen) atoms. The van der Waals surface area contributed by atoms with Crippen LogP contribution in [0.2, 0.25) is 10.0 Å². The molecule has 1 unspecified atom stereocenters. The molecule has 0 bridgehead atoms. The standard InChI is InChI=1S/C19H13Cl2F6NO/c20-14-7-13(8-15(21)9-14)16(19(25,26)27)6-3-11-1-4-12(5-2-11)17(29)28-10-18(22,23)24/h1-9,16H,10H2,(H,28,29)/b6-3+. The third-order valence-electron chi connectivity index (χ3n) is 3.70. The number of benzene rings is 2. The second-order valence-electron chi connectivity index (χ2n) is 6.00. The van der Waals surface area contributed by atoms with Crippen LogP contribution in [0.5, 0.6) is 0 Å². The zero-order chi connectivity index (χ0) is 21.8. The van der Waals surface area contributed by atoms with E-state index >= 15 is 0 Å². The Kier molecular flexibility index (Phi) is 7.24. The molecule has 0 aliphatic rings. The summed E-state index contributed by atoms with van der Waals surface area (Å²) in [5.41, 5.74) is 0.120. The van der Waals surface area contributed by atoms with Gasteiger partial charge in [0.25, 0.3) is 5.91 Å². The second kappa shape index (κ2) is 9.09. The van der Waals surface area contributed by atoms with Crippen molar-refractivity contribution >= 4 is 35.2 Å². The molecular formula is C19H13Cl2F6NO. The number of nitrogens with one attached hydrogen (secondary N) is 1. The number of halogens is 8. The molecule has 2 aromatic rings. The molecule has 0 aliphatic carbocycles. The molecule has 0 heterocycles. The van der Waals surface area contributed by atoms with E-state index < -0.39 is 30.7 Å². The lowest BCUT2D eigenvalue weighted by atomic mass is 9.97. The van der Waals surface area contributed by atoms with E-state index in [9.17, 15) is 31.1 Å². The fourth-order valence-corrected chi connectivity index (χ4v) is 2.94. The van der Waals surface area contributed by atoms with E-state index in [-0.39, 0.29) is 21.2 Å². The van der Waals surface area contributed by atoms with Crippen molar-refractivity contribution in [3.05, 3.63) is 75.3 Å². The number of carbonyl (C=O) groups is 1. The highest BCUT2D eigenvalue weighted by Crippen LogP contribution is 2.38. The van der Waals surface area contributed by atoms with Crippen LogP contribution < -0.4 is 5.32 Å². The number of alkyl halides is 6. The second-order valence-corrected chi connectivity index (χ2v) is 6.87. The zero-order valence-corrected chi connectivity index (χ0v) is 15.9. The van der Waals surface area contributed by atoms with E-state index in [0.29, 0.717) is 5.56 Å². The summed E-state index contributed by atoms with van der Waals surface area (Å²) in [6.45, 7) is -1.48. The monoisotopic (exact) mass is 455 g/mol. The van der Waals surface area contributed by atoms with Gasteiger partial charge in [-0.15, -0.1) is 0 Å². The highest BCUT2D eigenvalue weighted by atomic mass is 35.5. The molecule has 2 aromatic carbocycles. The van der Waals surface area contributed by atoms with Crippen LogP contribution in [0.1, 0.15) is 27.4 Å². The third kappa shape index (κ3) is 7.29. The van der Waals surface area contributed by atoms with Gasteiger partial charge < -0.3 is 5.32 Å². The molecule has 10 heteroatoms. The van der Waals surface area contributed by atoms with E-state index in [4.69, 9.17) is 23.2 Å². The van der Waals surface area contributed by atoms with Gasteiger partial charge >= 0.3 is 12.4 Å². The first kappa shape index (κ1) is 23.1. The van der Waals surface area contributed by atoms with E-state index in [1.807, 2.05) is 0 Å². The van der Waals surface area contributed by atoms with Gasteiger partial charge in [-0.25, -0.2) is 0 Å². The smallest absolute Gasteiger partial charge is 0.343 e. The highest BCUT2D eigenvalue weighted by molar-refractivity contribution is 6.34. The molecule has 0 fully saturated rings. The molecule has 0 radical (unpaired) electrons. The van der Waals surface area contributed by atoms with Crippen molar-refractivity contribution in [1.29, 1.82) is 0 Å². The van der Waals surface area contributed by atoms with Crippen molar-refractivity contribution in [1.82, 2.24) is 5.32 Å². The molecule has 1 atom stereocenters. The lowest BCUT2D eigenvalue weighted by molar-refractivity contribution is -0.139. The summed E-state index contributed by atoms with van der Waals surface area (Å²) in [6.07, 6.45) is -7.07. The number of carbonyl (C=O) groups excluding carboxylic acids is 1. The lowest BCUT2D eigenvalue weighted by Crippen LogP contribution is -2.33. The maximum Gasteiger partial charge on any atom is 0.405 e. The largest absolute Gasteiger partial charge is 0.405 e. The molecule has 0 aromatic heterocycles. The van der Waals surface area contributed by atoms with Gasteiger partial charge in [-0.1, -0.05) is 47.5 Å². The van der Waals surface area contributed by atoms with Crippen LogP contribution in [0.25, 0.3) is 6.08 Å². The van der Waals surface area contributed by atoms with Crippen molar-refractivity contribution in [2.45, 2.75) is 18.3 Å². The molecule has 156 valence electrons. The Morgan fingerprint density at radius 1 is 0.966 bits per heavy atom. The average Bonchev–Trinajstić information content (AvgIpc) is 2.58. The summed E-state index contributed by atoms with van der Waals surface area (Å²) < 4.78 is 76.7. The molecule has 1 amide bonds. The summed E-state index contributed by atoms with van der Waals surface area (Å²) in [4.78, 5) is 11.6. The van der Waals surface area contributed by atoms with Gasteiger partial charge in [0.05, 0.1) is 5.92 Å². The number of amides is 1. The molecule has 2 nitrogen and oxygen atoms in total. The average molecular weight is 456 g/mol. The minimum atomic E-state index is -4.61. The lowest BCUT2D eigenvalue weighted by Gasteiger charge is -2.18. The van der Waals surface area contributed by atoms with Crippen LogP contribution in [0.3, 0.4) is 0 Å². The van der Waals surface area contributed by atoms with Gasteiger partial charge in [0.1, 0.15) is 6.54 Å².